The molecular formula is C28H31NO6. The minimum atomic E-state index is -0.592. The highest BCUT2D eigenvalue weighted by Gasteiger charge is 2.44. The van der Waals surface area contributed by atoms with E-state index in [-0.39, 0.29) is 23.2 Å². The Morgan fingerprint density at radius 2 is 1.94 bits per heavy atom. The quantitative estimate of drug-likeness (QED) is 0.399. The van der Waals surface area contributed by atoms with Crippen molar-refractivity contribution in [2.24, 2.45) is 0 Å². The first-order valence-electron chi connectivity index (χ1n) is 12.4. The molecule has 0 spiro atoms. The molecule has 3 heterocycles. The van der Waals surface area contributed by atoms with Crippen molar-refractivity contribution in [2.75, 3.05) is 26.9 Å². The third-order valence-corrected chi connectivity index (χ3v) is 6.81. The van der Waals surface area contributed by atoms with Crippen molar-refractivity contribution in [2.45, 2.75) is 51.2 Å². The normalized spacial score (nSPS) is 19.4. The number of hydrogen-bond donors (Lipinski definition) is 0. The molecule has 5 rings (SSSR count). The molecule has 1 amide bonds. The summed E-state index contributed by atoms with van der Waals surface area (Å²) in [6.45, 7) is 3.83. The molecule has 7 heteroatoms. The molecule has 1 saturated heterocycles. The fourth-order valence-electron chi connectivity index (χ4n) is 5.02. The Balaban J connectivity index is 1.57. The number of ether oxygens (including phenoxy) is 3. The number of fused-ring (bicyclic) bond motifs is 2. The lowest BCUT2D eigenvalue weighted by Crippen LogP contribution is -2.36. The van der Waals surface area contributed by atoms with Gasteiger partial charge in [-0.3, -0.25) is 9.59 Å². The molecule has 7 nitrogen and oxygen atoms in total. The Labute approximate surface area is 204 Å². The molecule has 35 heavy (non-hydrogen) atoms. The van der Waals surface area contributed by atoms with Crippen molar-refractivity contribution < 1.29 is 23.4 Å². The third-order valence-electron chi connectivity index (χ3n) is 6.81. The Bertz CT molecular complexity index is 1280. The Kier molecular flexibility index (Phi) is 6.77. The van der Waals surface area contributed by atoms with E-state index in [0.717, 1.165) is 37.7 Å². The highest BCUT2D eigenvalue weighted by Crippen LogP contribution is 2.41. The molecule has 184 valence electrons. The Hall–Kier alpha value is -3.32. The van der Waals surface area contributed by atoms with E-state index < -0.39 is 6.04 Å². The first-order chi connectivity index (χ1) is 17.1. The second-order valence-corrected chi connectivity index (χ2v) is 9.13. The SMILES string of the molecule is CCCCCOc1ccc([C@H]2c3c(oc4ccccc4c3=O)C(=O)N2C[C@@H]2CCCO2)cc1OC. The van der Waals surface area contributed by atoms with Gasteiger partial charge in [-0.05, 0) is 49.1 Å². The lowest BCUT2D eigenvalue weighted by Gasteiger charge is -2.28. The van der Waals surface area contributed by atoms with E-state index in [1.165, 1.54) is 0 Å². The monoisotopic (exact) mass is 477 g/mol. The van der Waals surface area contributed by atoms with Crippen molar-refractivity contribution >= 4 is 16.9 Å². The zero-order valence-corrected chi connectivity index (χ0v) is 20.2. The van der Waals surface area contributed by atoms with Gasteiger partial charge in [0.25, 0.3) is 5.91 Å². The second-order valence-electron chi connectivity index (χ2n) is 9.13. The van der Waals surface area contributed by atoms with Crippen LogP contribution in [0.1, 0.15) is 66.8 Å². The molecule has 0 unspecified atom stereocenters. The van der Waals surface area contributed by atoms with Crippen LogP contribution in [0.5, 0.6) is 11.5 Å². The summed E-state index contributed by atoms with van der Waals surface area (Å²) in [5, 5.41) is 0.464. The molecular weight excluding hydrogens is 446 g/mol. The van der Waals surface area contributed by atoms with Crippen LogP contribution in [0.3, 0.4) is 0 Å². The molecule has 0 aliphatic carbocycles. The average Bonchev–Trinajstić information content (AvgIpc) is 3.49. The topological polar surface area (TPSA) is 78.2 Å². The van der Waals surface area contributed by atoms with Gasteiger partial charge in [0.1, 0.15) is 5.58 Å². The first kappa shape index (κ1) is 23.4. The van der Waals surface area contributed by atoms with Gasteiger partial charge in [-0.2, -0.15) is 0 Å². The van der Waals surface area contributed by atoms with E-state index in [1.807, 2.05) is 18.2 Å². The fraction of sp³-hybridized carbons (Fsp3) is 0.429. The Morgan fingerprint density at radius 1 is 1.09 bits per heavy atom. The van der Waals surface area contributed by atoms with E-state index in [4.69, 9.17) is 18.6 Å². The molecule has 0 N–H and O–H groups in total. The van der Waals surface area contributed by atoms with Crippen LogP contribution in [-0.4, -0.2) is 43.8 Å². The van der Waals surface area contributed by atoms with Crippen LogP contribution in [0.15, 0.2) is 51.7 Å². The first-order valence-corrected chi connectivity index (χ1v) is 12.4. The van der Waals surface area contributed by atoms with Gasteiger partial charge in [-0.25, -0.2) is 0 Å². The minimum Gasteiger partial charge on any atom is -0.493 e. The zero-order chi connectivity index (χ0) is 24.4. The molecule has 0 saturated carbocycles. The van der Waals surface area contributed by atoms with E-state index in [9.17, 15) is 9.59 Å². The maximum atomic E-state index is 13.6. The lowest BCUT2D eigenvalue weighted by atomic mass is 9.97. The number of unbranched alkanes of at least 4 members (excludes halogenated alkanes) is 2. The smallest absolute Gasteiger partial charge is 0.291 e. The summed E-state index contributed by atoms with van der Waals surface area (Å²) in [4.78, 5) is 28.9. The van der Waals surface area contributed by atoms with Crippen molar-refractivity contribution in [1.82, 2.24) is 4.90 Å². The number of carbonyl (C=O) groups is 1. The van der Waals surface area contributed by atoms with Crippen LogP contribution in [0.4, 0.5) is 0 Å². The van der Waals surface area contributed by atoms with Crippen LogP contribution in [0.2, 0.25) is 0 Å². The van der Waals surface area contributed by atoms with Crippen LogP contribution >= 0.6 is 0 Å². The third kappa shape index (κ3) is 4.41. The van der Waals surface area contributed by atoms with Gasteiger partial charge < -0.3 is 23.5 Å². The molecule has 2 aliphatic rings. The minimum absolute atomic E-state index is 0.0663. The number of carbonyl (C=O) groups excluding carboxylic acids is 1. The van der Waals surface area contributed by atoms with Crippen LogP contribution < -0.4 is 14.9 Å². The summed E-state index contributed by atoms with van der Waals surface area (Å²) in [6, 6.07) is 12.1. The van der Waals surface area contributed by atoms with Gasteiger partial charge >= 0.3 is 0 Å². The number of rotatable bonds is 9. The molecule has 2 atom stereocenters. The van der Waals surface area contributed by atoms with E-state index >= 15 is 0 Å². The van der Waals surface area contributed by atoms with Crippen LogP contribution in [0.25, 0.3) is 11.0 Å². The zero-order valence-electron chi connectivity index (χ0n) is 20.2. The number of methoxy groups -OCH3 is 1. The molecule has 2 aromatic carbocycles. The molecule has 0 radical (unpaired) electrons. The largest absolute Gasteiger partial charge is 0.493 e. The van der Waals surface area contributed by atoms with Gasteiger partial charge in [-0.1, -0.05) is 38.0 Å². The van der Waals surface area contributed by atoms with E-state index in [1.54, 1.807) is 36.3 Å². The average molecular weight is 478 g/mol. The van der Waals surface area contributed by atoms with E-state index in [0.29, 0.717) is 47.8 Å². The van der Waals surface area contributed by atoms with E-state index in [2.05, 4.69) is 6.92 Å². The van der Waals surface area contributed by atoms with Crippen molar-refractivity contribution in [3.05, 3.63) is 69.6 Å². The van der Waals surface area contributed by atoms with Crippen molar-refractivity contribution in [3.8, 4) is 11.5 Å². The molecule has 1 fully saturated rings. The maximum Gasteiger partial charge on any atom is 0.291 e. The summed E-state index contributed by atoms with van der Waals surface area (Å²) in [7, 11) is 1.60. The number of amides is 1. The lowest BCUT2D eigenvalue weighted by molar-refractivity contribution is 0.0486. The summed E-state index contributed by atoms with van der Waals surface area (Å²) < 4.78 is 23.4. The summed E-state index contributed by atoms with van der Waals surface area (Å²) in [5.74, 6) is 1.04. The van der Waals surface area contributed by atoms with Gasteiger partial charge in [-0.15, -0.1) is 0 Å². The highest BCUT2D eigenvalue weighted by atomic mass is 16.5. The summed E-state index contributed by atoms with van der Waals surface area (Å²) >= 11 is 0. The molecule has 1 aromatic heterocycles. The summed E-state index contributed by atoms with van der Waals surface area (Å²) in [6.07, 6.45) is 4.96. The highest BCUT2D eigenvalue weighted by molar-refractivity contribution is 5.99. The van der Waals surface area contributed by atoms with Crippen LogP contribution in [-0.2, 0) is 4.74 Å². The number of hydrogen-bond acceptors (Lipinski definition) is 6. The number of para-hydroxylation sites is 1. The number of benzene rings is 2. The standard InChI is InChI=1S/C28H31NO6/c1-3-4-7-14-34-22-13-12-18(16-23(22)32-2)25-24-26(30)20-10-5-6-11-21(20)35-27(24)28(31)29(25)17-19-9-8-15-33-19/h5-6,10-13,16,19,25H,3-4,7-9,14-15,17H2,1-2H3/t19-,25-/m0/s1. The molecule has 0 bridgehead atoms. The molecule has 2 aliphatic heterocycles. The predicted octanol–water partition coefficient (Wildman–Crippen LogP) is 5.09. The predicted molar refractivity (Wildman–Crippen MR) is 132 cm³/mol. The fourth-order valence-corrected chi connectivity index (χ4v) is 5.02. The second kappa shape index (κ2) is 10.1. The number of nitrogens with zero attached hydrogens (tertiary/aromatic N) is 1. The Morgan fingerprint density at radius 3 is 2.71 bits per heavy atom. The summed E-state index contributed by atoms with van der Waals surface area (Å²) in [5.41, 5.74) is 1.37. The van der Waals surface area contributed by atoms with Gasteiger partial charge in [0, 0.05) is 13.2 Å². The van der Waals surface area contributed by atoms with Crippen LogP contribution in [0, 0.1) is 0 Å². The van der Waals surface area contributed by atoms with Gasteiger partial charge in [0.05, 0.1) is 36.8 Å². The van der Waals surface area contributed by atoms with Gasteiger partial charge in [0.2, 0.25) is 5.76 Å². The van der Waals surface area contributed by atoms with Gasteiger partial charge in [0.15, 0.2) is 16.9 Å². The van der Waals surface area contributed by atoms with Crippen molar-refractivity contribution in [3.63, 3.8) is 0 Å². The van der Waals surface area contributed by atoms with Crippen molar-refractivity contribution in [1.29, 1.82) is 0 Å². The maximum absolute atomic E-state index is 13.6. The molecule has 3 aromatic rings.